The van der Waals surface area contributed by atoms with Gasteiger partial charge in [-0.25, -0.2) is 9.78 Å². The van der Waals surface area contributed by atoms with Gasteiger partial charge in [0, 0.05) is 17.8 Å². The fraction of sp³-hybridized carbons (Fsp3) is 0.158. The van der Waals surface area contributed by atoms with Crippen LogP contribution in [-0.4, -0.2) is 17.6 Å². The fourth-order valence-electron chi connectivity index (χ4n) is 2.45. The molecule has 4 heteroatoms. The molecule has 116 valence electrons. The van der Waals surface area contributed by atoms with Crippen molar-refractivity contribution >= 4 is 17.5 Å². The number of benzene rings is 1. The first-order chi connectivity index (χ1) is 11.2. The van der Waals surface area contributed by atoms with Crippen LogP contribution in [0.2, 0.25) is 0 Å². The van der Waals surface area contributed by atoms with E-state index in [4.69, 9.17) is 0 Å². The smallest absolute Gasteiger partial charge is 0.308 e. The third kappa shape index (κ3) is 3.31. The molecule has 3 rings (SSSR count). The molecule has 0 bridgehead atoms. The second-order valence-corrected chi connectivity index (χ2v) is 5.41. The molecule has 2 aliphatic rings. The Labute approximate surface area is 136 Å². The SMILES string of the molecule is CCN(C(=O)Nc1ccc(C)cc1)c1cc2cccccc-2n1. The van der Waals surface area contributed by atoms with Gasteiger partial charge in [0.15, 0.2) is 0 Å². The van der Waals surface area contributed by atoms with E-state index in [1.165, 1.54) is 0 Å². The Hall–Kier alpha value is -2.88. The number of amides is 2. The van der Waals surface area contributed by atoms with Gasteiger partial charge in [-0.05, 0) is 38.1 Å². The van der Waals surface area contributed by atoms with Crippen molar-refractivity contribution in [2.75, 3.05) is 16.8 Å². The summed E-state index contributed by atoms with van der Waals surface area (Å²) in [4.78, 5) is 18.7. The Morgan fingerprint density at radius 3 is 2.57 bits per heavy atom. The first-order valence-electron chi connectivity index (χ1n) is 7.68. The quantitative estimate of drug-likeness (QED) is 0.771. The first kappa shape index (κ1) is 15.0. The number of aryl methyl sites for hydroxylation is 1. The van der Waals surface area contributed by atoms with E-state index in [9.17, 15) is 4.79 Å². The third-order valence-electron chi connectivity index (χ3n) is 3.71. The summed E-state index contributed by atoms with van der Waals surface area (Å²) in [7, 11) is 0. The van der Waals surface area contributed by atoms with Crippen molar-refractivity contribution in [1.29, 1.82) is 0 Å². The Morgan fingerprint density at radius 2 is 1.83 bits per heavy atom. The zero-order valence-corrected chi connectivity index (χ0v) is 13.3. The van der Waals surface area contributed by atoms with Crippen molar-refractivity contribution in [2.24, 2.45) is 0 Å². The number of nitrogens with zero attached hydrogens (tertiary/aromatic N) is 2. The van der Waals surface area contributed by atoms with Gasteiger partial charge in [-0.1, -0.05) is 42.0 Å². The largest absolute Gasteiger partial charge is 0.327 e. The molecule has 4 nitrogen and oxygen atoms in total. The summed E-state index contributed by atoms with van der Waals surface area (Å²) < 4.78 is 0. The predicted octanol–water partition coefficient (Wildman–Crippen LogP) is 4.55. The number of hydrogen-bond acceptors (Lipinski definition) is 2. The molecule has 1 aromatic carbocycles. The van der Waals surface area contributed by atoms with Gasteiger partial charge in [-0.15, -0.1) is 0 Å². The average molecular weight is 305 g/mol. The highest BCUT2D eigenvalue weighted by Gasteiger charge is 2.18. The predicted molar refractivity (Wildman–Crippen MR) is 94.1 cm³/mol. The van der Waals surface area contributed by atoms with Gasteiger partial charge >= 0.3 is 6.03 Å². The molecule has 0 saturated carbocycles. The number of rotatable bonds is 3. The number of nitrogens with one attached hydrogen (secondary N) is 1. The van der Waals surface area contributed by atoms with Crippen LogP contribution in [0, 0.1) is 6.92 Å². The number of carbonyl (C=O) groups is 1. The molecule has 1 heterocycles. The molecule has 0 atom stereocenters. The van der Waals surface area contributed by atoms with E-state index < -0.39 is 0 Å². The highest BCUT2D eigenvalue weighted by molar-refractivity contribution is 6.01. The van der Waals surface area contributed by atoms with Crippen LogP contribution in [0.15, 0.2) is 60.7 Å². The number of urea groups is 1. The summed E-state index contributed by atoms with van der Waals surface area (Å²) in [5.41, 5.74) is 3.84. The minimum atomic E-state index is -0.177. The maximum absolute atomic E-state index is 12.5. The van der Waals surface area contributed by atoms with Crippen molar-refractivity contribution in [3.8, 4) is 11.3 Å². The van der Waals surface area contributed by atoms with E-state index in [1.54, 1.807) is 4.90 Å². The molecule has 1 N–H and O–H groups in total. The van der Waals surface area contributed by atoms with E-state index in [0.29, 0.717) is 12.4 Å². The van der Waals surface area contributed by atoms with E-state index in [0.717, 1.165) is 22.5 Å². The summed E-state index contributed by atoms with van der Waals surface area (Å²) in [5, 5.41) is 2.92. The average Bonchev–Trinajstić information content (AvgIpc) is 2.80. The summed E-state index contributed by atoms with van der Waals surface area (Å²) >= 11 is 0. The fourth-order valence-corrected chi connectivity index (χ4v) is 2.45. The Kier molecular flexibility index (Phi) is 4.24. The van der Waals surface area contributed by atoms with Crippen molar-refractivity contribution in [2.45, 2.75) is 13.8 Å². The zero-order valence-electron chi connectivity index (χ0n) is 13.3. The second-order valence-electron chi connectivity index (χ2n) is 5.41. The van der Waals surface area contributed by atoms with Gasteiger partial charge in [-0.3, -0.25) is 4.90 Å². The molecule has 0 fully saturated rings. The molecule has 23 heavy (non-hydrogen) atoms. The van der Waals surface area contributed by atoms with E-state index in [2.05, 4.69) is 10.3 Å². The van der Waals surface area contributed by atoms with Crippen molar-refractivity contribution < 1.29 is 4.79 Å². The lowest BCUT2D eigenvalue weighted by molar-refractivity contribution is 0.257. The molecular formula is C19H19N3O. The Balaban J connectivity index is 1.84. The molecule has 0 spiro atoms. The van der Waals surface area contributed by atoms with Crippen molar-refractivity contribution in [1.82, 2.24) is 4.98 Å². The van der Waals surface area contributed by atoms with Crippen LogP contribution < -0.4 is 10.2 Å². The summed E-state index contributed by atoms with van der Waals surface area (Å²) in [6.07, 6.45) is 0. The molecule has 1 aliphatic heterocycles. The summed E-state index contributed by atoms with van der Waals surface area (Å²) in [6.45, 7) is 4.50. The van der Waals surface area contributed by atoms with Crippen LogP contribution in [0.25, 0.3) is 11.3 Å². The van der Waals surface area contributed by atoms with Crippen LogP contribution in [0.4, 0.5) is 16.3 Å². The molecule has 0 radical (unpaired) electrons. The van der Waals surface area contributed by atoms with Gasteiger partial charge in [0.1, 0.15) is 5.82 Å². The Morgan fingerprint density at radius 1 is 1.09 bits per heavy atom. The number of aromatic nitrogens is 1. The van der Waals surface area contributed by atoms with Crippen LogP contribution in [0.5, 0.6) is 0 Å². The van der Waals surface area contributed by atoms with Gasteiger partial charge in [-0.2, -0.15) is 0 Å². The number of anilines is 2. The maximum Gasteiger partial charge on any atom is 0.327 e. The van der Waals surface area contributed by atoms with Gasteiger partial charge in [0.25, 0.3) is 0 Å². The highest BCUT2D eigenvalue weighted by Crippen LogP contribution is 2.26. The second kappa shape index (κ2) is 6.48. The maximum atomic E-state index is 12.5. The van der Waals surface area contributed by atoms with Crippen LogP contribution in [-0.2, 0) is 0 Å². The third-order valence-corrected chi connectivity index (χ3v) is 3.71. The van der Waals surface area contributed by atoms with E-state index in [1.807, 2.05) is 74.5 Å². The topological polar surface area (TPSA) is 45.2 Å². The Bertz CT molecular complexity index is 752. The van der Waals surface area contributed by atoms with Crippen LogP contribution >= 0.6 is 0 Å². The zero-order chi connectivity index (χ0) is 16.2. The lowest BCUT2D eigenvalue weighted by atomic mass is 10.2. The van der Waals surface area contributed by atoms with Gasteiger partial charge < -0.3 is 5.32 Å². The number of hydrogen-bond donors (Lipinski definition) is 1. The summed E-state index contributed by atoms with van der Waals surface area (Å²) in [5.74, 6) is 0.665. The standard InChI is InChI=1S/C19H19N3O/c1-3-22(19(23)20-16-11-9-14(2)10-12-16)18-13-15-7-5-4-6-8-17(15)21-18/h4-13H,3H2,1-2H3,(H,20,23). The van der Waals surface area contributed by atoms with Crippen molar-refractivity contribution in [3.05, 3.63) is 66.2 Å². The van der Waals surface area contributed by atoms with E-state index >= 15 is 0 Å². The minimum Gasteiger partial charge on any atom is -0.308 e. The van der Waals surface area contributed by atoms with Crippen LogP contribution in [0.1, 0.15) is 12.5 Å². The minimum absolute atomic E-state index is 0.177. The molecule has 1 aromatic rings. The molecule has 2 amide bonds. The lowest BCUT2D eigenvalue weighted by Crippen LogP contribution is -2.34. The molecule has 0 saturated heterocycles. The number of fused-ring (bicyclic) bond motifs is 1. The lowest BCUT2D eigenvalue weighted by Gasteiger charge is -2.19. The van der Waals surface area contributed by atoms with E-state index in [-0.39, 0.29) is 6.03 Å². The molecule has 1 aliphatic carbocycles. The molecule has 0 aromatic heterocycles. The first-order valence-corrected chi connectivity index (χ1v) is 7.68. The monoisotopic (exact) mass is 305 g/mol. The van der Waals surface area contributed by atoms with Gasteiger partial charge in [0.05, 0.1) is 5.69 Å². The molecular weight excluding hydrogens is 286 g/mol. The molecule has 0 unspecified atom stereocenters. The summed E-state index contributed by atoms with van der Waals surface area (Å²) in [6, 6.07) is 19.3. The van der Waals surface area contributed by atoms with Gasteiger partial charge in [0.2, 0.25) is 0 Å². The normalized spacial score (nSPS) is 10.5. The van der Waals surface area contributed by atoms with Crippen molar-refractivity contribution in [3.63, 3.8) is 0 Å². The van der Waals surface area contributed by atoms with Crippen LogP contribution in [0.3, 0.4) is 0 Å². The highest BCUT2D eigenvalue weighted by atomic mass is 16.2. The number of carbonyl (C=O) groups excluding carboxylic acids is 1.